The van der Waals surface area contributed by atoms with Crippen LogP contribution in [0.3, 0.4) is 0 Å². The molecule has 0 bridgehead atoms. The lowest BCUT2D eigenvalue weighted by Gasteiger charge is -2.04. The van der Waals surface area contributed by atoms with Gasteiger partial charge in [0.25, 0.3) is 5.91 Å². The number of carbonyl (C=O) groups excluding carboxylic acids is 1. The fraction of sp³-hybridized carbons (Fsp3) is 0.400. The Morgan fingerprint density at radius 2 is 2.33 bits per heavy atom. The van der Waals surface area contributed by atoms with Gasteiger partial charge in [-0.25, -0.2) is 10.8 Å². The Bertz CT molecular complexity index is 362. The summed E-state index contributed by atoms with van der Waals surface area (Å²) in [5.41, 5.74) is 2.80. The van der Waals surface area contributed by atoms with Crippen LogP contribution < -0.4 is 16.6 Å². The first-order chi connectivity index (χ1) is 7.29. The summed E-state index contributed by atoms with van der Waals surface area (Å²) in [5, 5.41) is 2.84. The van der Waals surface area contributed by atoms with Gasteiger partial charge >= 0.3 is 0 Å². The lowest BCUT2D eigenvalue weighted by molar-refractivity contribution is 0.0947. The highest BCUT2D eigenvalue weighted by atomic mass is 16.1. The van der Waals surface area contributed by atoms with Crippen LogP contribution in [0.15, 0.2) is 18.2 Å². The van der Waals surface area contributed by atoms with Crippen molar-refractivity contribution in [3.63, 3.8) is 0 Å². The Hall–Kier alpha value is -1.62. The lowest BCUT2D eigenvalue weighted by atomic mass is 10.3. The molecule has 15 heavy (non-hydrogen) atoms. The summed E-state index contributed by atoms with van der Waals surface area (Å²) in [7, 11) is 0. The van der Waals surface area contributed by atoms with Gasteiger partial charge < -0.3 is 10.7 Å². The van der Waals surface area contributed by atoms with Crippen LogP contribution in [-0.2, 0) is 0 Å². The fourth-order valence-electron chi connectivity index (χ4n) is 1.29. The van der Waals surface area contributed by atoms with Crippen LogP contribution >= 0.6 is 0 Å². The van der Waals surface area contributed by atoms with Gasteiger partial charge in [0, 0.05) is 6.54 Å². The van der Waals surface area contributed by atoms with Crippen LogP contribution in [0.2, 0.25) is 0 Å². The molecule has 80 valence electrons. The minimum absolute atomic E-state index is 0.140. The quantitative estimate of drug-likeness (QED) is 0.495. The van der Waals surface area contributed by atoms with Crippen molar-refractivity contribution < 1.29 is 4.79 Å². The van der Waals surface area contributed by atoms with Crippen molar-refractivity contribution in [3.05, 3.63) is 23.9 Å². The number of nitrogens with one attached hydrogen (secondary N) is 2. The first-order valence-corrected chi connectivity index (χ1v) is 5.01. The molecule has 2 rings (SSSR count). The monoisotopic (exact) mass is 206 g/mol. The molecule has 0 spiro atoms. The first kappa shape index (κ1) is 9.92. The van der Waals surface area contributed by atoms with Crippen molar-refractivity contribution in [3.8, 4) is 0 Å². The third kappa shape index (κ3) is 2.66. The summed E-state index contributed by atoms with van der Waals surface area (Å²) in [6.07, 6.45) is 2.44. The van der Waals surface area contributed by atoms with Crippen molar-refractivity contribution in [1.29, 1.82) is 0 Å². The number of hydrogen-bond donors (Lipinski definition) is 3. The van der Waals surface area contributed by atoms with Gasteiger partial charge in [0.15, 0.2) is 0 Å². The number of hydrogen-bond acceptors (Lipinski definition) is 4. The zero-order chi connectivity index (χ0) is 10.7. The van der Waals surface area contributed by atoms with E-state index in [-0.39, 0.29) is 5.91 Å². The summed E-state index contributed by atoms with van der Waals surface area (Å²) >= 11 is 0. The maximum Gasteiger partial charge on any atom is 0.269 e. The second kappa shape index (κ2) is 4.27. The SMILES string of the molecule is NNc1cccc(C(=O)NCC2CC2)n1. The van der Waals surface area contributed by atoms with Crippen LogP contribution in [-0.4, -0.2) is 17.4 Å². The van der Waals surface area contributed by atoms with Gasteiger partial charge in [-0.2, -0.15) is 0 Å². The smallest absolute Gasteiger partial charge is 0.269 e. The number of aromatic nitrogens is 1. The van der Waals surface area contributed by atoms with Crippen LogP contribution in [0.5, 0.6) is 0 Å². The summed E-state index contributed by atoms with van der Waals surface area (Å²) in [5.74, 6) is 6.23. The van der Waals surface area contributed by atoms with Crippen LogP contribution in [0.4, 0.5) is 5.82 Å². The summed E-state index contributed by atoms with van der Waals surface area (Å²) < 4.78 is 0. The number of anilines is 1. The molecule has 4 N–H and O–H groups in total. The number of pyridine rings is 1. The number of nitrogen functional groups attached to an aromatic ring is 1. The molecule has 1 aliphatic carbocycles. The molecular weight excluding hydrogens is 192 g/mol. The van der Waals surface area contributed by atoms with Crippen molar-refractivity contribution in [1.82, 2.24) is 10.3 Å². The Labute approximate surface area is 88.0 Å². The Morgan fingerprint density at radius 3 is 3.00 bits per heavy atom. The zero-order valence-corrected chi connectivity index (χ0v) is 8.36. The summed E-state index contributed by atoms with van der Waals surface area (Å²) in [6, 6.07) is 5.12. The van der Waals surface area contributed by atoms with Gasteiger partial charge in [0.2, 0.25) is 0 Å². The van der Waals surface area contributed by atoms with Crippen LogP contribution in [0.1, 0.15) is 23.3 Å². The average molecular weight is 206 g/mol. The molecule has 1 fully saturated rings. The maximum absolute atomic E-state index is 11.6. The van der Waals surface area contributed by atoms with E-state index >= 15 is 0 Å². The number of carbonyl (C=O) groups is 1. The highest BCUT2D eigenvalue weighted by Crippen LogP contribution is 2.27. The second-order valence-electron chi connectivity index (χ2n) is 3.71. The van der Waals surface area contributed by atoms with Gasteiger partial charge in [-0.15, -0.1) is 0 Å². The highest BCUT2D eigenvalue weighted by Gasteiger charge is 2.22. The van der Waals surface area contributed by atoms with Gasteiger partial charge in [0.05, 0.1) is 0 Å². The van der Waals surface area contributed by atoms with Gasteiger partial charge in [-0.05, 0) is 30.9 Å². The minimum Gasteiger partial charge on any atom is -0.350 e. The van der Waals surface area contributed by atoms with E-state index in [9.17, 15) is 4.79 Å². The molecule has 0 aromatic carbocycles. The van der Waals surface area contributed by atoms with E-state index in [1.165, 1.54) is 12.8 Å². The summed E-state index contributed by atoms with van der Waals surface area (Å²) in [6.45, 7) is 0.751. The third-order valence-corrected chi connectivity index (χ3v) is 2.38. The molecule has 5 heteroatoms. The number of rotatable bonds is 4. The maximum atomic E-state index is 11.6. The Morgan fingerprint density at radius 1 is 1.53 bits per heavy atom. The van der Waals surface area contributed by atoms with Gasteiger partial charge in [-0.3, -0.25) is 4.79 Å². The Kier molecular flexibility index (Phi) is 2.82. The third-order valence-electron chi connectivity index (χ3n) is 2.38. The van der Waals surface area contributed by atoms with E-state index in [1.807, 2.05) is 0 Å². The molecule has 5 nitrogen and oxygen atoms in total. The number of nitrogens with zero attached hydrogens (tertiary/aromatic N) is 1. The number of amides is 1. The van der Waals surface area contributed by atoms with E-state index in [1.54, 1.807) is 18.2 Å². The van der Waals surface area contributed by atoms with Crippen molar-refractivity contribution in [2.75, 3.05) is 12.0 Å². The normalized spacial score (nSPS) is 14.7. The molecule has 1 aromatic heterocycles. The Balaban J connectivity index is 1.96. The zero-order valence-electron chi connectivity index (χ0n) is 8.36. The molecule has 1 heterocycles. The van der Waals surface area contributed by atoms with E-state index in [0.717, 1.165) is 6.54 Å². The molecule has 0 saturated heterocycles. The molecule has 1 aromatic rings. The molecule has 0 unspecified atom stereocenters. The fourth-order valence-corrected chi connectivity index (χ4v) is 1.29. The second-order valence-corrected chi connectivity index (χ2v) is 3.71. The molecule has 1 aliphatic rings. The van der Waals surface area contributed by atoms with E-state index in [4.69, 9.17) is 5.84 Å². The minimum atomic E-state index is -0.140. The van der Waals surface area contributed by atoms with E-state index in [2.05, 4.69) is 15.7 Å². The standard InChI is InChI=1S/C10H14N4O/c11-14-9-3-1-2-8(13-9)10(15)12-6-7-4-5-7/h1-3,7H,4-6,11H2,(H,12,15)(H,13,14). The molecule has 0 radical (unpaired) electrons. The van der Waals surface area contributed by atoms with Crippen molar-refractivity contribution in [2.45, 2.75) is 12.8 Å². The average Bonchev–Trinajstić information content (AvgIpc) is 3.10. The molecule has 1 amide bonds. The van der Waals surface area contributed by atoms with Crippen molar-refractivity contribution in [2.24, 2.45) is 11.8 Å². The summed E-state index contributed by atoms with van der Waals surface area (Å²) in [4.78, 5) is 15.6. The van der Waals surface area contributed by atoms with Gasteiger partial charge in [-0.1, -0.05) is 6.07 Å². The predicted octanol–water partition coefficient (Wildman–Crippen LogP) is 0.507. The molecule has 0 atom stereocenters. The van der Waals surface area contributed by atoms with E-state index in [0.29, 0.717) is 17.4 Å². The number of nitrogens with two attached hydrogens (primary N) is 1. The van der Waals surface area contributed by atoms with Gasteiger partial charge in [0.1, 0.15) is 11.5 Å². The van der Waals surface area contributed by atoms with Crippen molar-refractivity contribution >= 4 is 11.7 Å². The molecular formula is C10H14N4O. The topological polar surface area (TPSA) is 80.0 Å². The van der Waals surface area contributed by atoms with E-state index < -0.39 is 0 Å². The first-order valence-electron chi connectivity index (χ1n) is 5.01. The van der Waals surface area contributed by atoms with Crippen LogP contribution in [0, 0.1) is 5.92 Å². The highest BCUT2D eigenvalue weighted by molar-refractivity contribution is 5.92. The molecule has 1 saturated carbocycles. The van der Waals surface area contributed by atoms with Crippen LogP contribution in [0.25, 0.3) is 0 Å². The number of hydrazine groups is 1. The lowest BCUT2D eigenvalue weighted by Crippen LogP contribution is -2.26. The molecule has 0 aliphatic heterocycles. The predicted molar refractivity (Wildman–Crippen MR) is 57.1 cm³/mol. The largest absolute Gasteiger partial charge is 0.350 e.